The molecule has 2 atom stereocenters. The van der Waals surface area contributed by atoms with Gasteiger partial charge >= 0.3 is 0 Å². The van der Waals surface area contributed by atoms with Gasteiger partial charge in [-0.15, -0.1) is 0 Å². The molecule has 138 valence electrons. The van der Waals surface area contributed by atoms with E-state index in [2.05, 4.69) is 53.1 Å². The van der Waals surface area contributed by atoms with E-state index in [0.717, 1.165) is 24.6 Å². The molecule has 27 heavy (non-hydrogen) atoms. The van der Waals surface area contributed by atoms with E-state index in [1.54, 1.807) is 0 Å². The van der Waals surface area contributed by atoms with Crippen molar-refractivity contribution in [3.63, 3.8) is 0 Å². The summed E-state index contributed by atoms with van der Waals surface area (Å²) in [4.78, 5) is 0. The fraction of sp³-hybridized carbons (Fsp3) is 0.250. The molecule has 1 fully saturated rings. The highest BCUT2D eigenvalue weighted by atomic mass is 16.5. The highest BCUT2D eigenvalue weighted by Gasteiger charge is 2.25. The van der Waals surface area contributed by atoms with Crippen molar-refractivity contribution in [1.82, 2.24) is 10.6 Å². The van der Waals surface area contributed by atoms with Crippen molar-refractivity contribution < 1.29 is 4.74 Å². The van der Waals surface area contributed by atoms with Crippen molar-refractivity contribution in [3.05, 3.63) is 96.1 Å². The topological polar surface area (TPSA) is 33.3 Å². The Morgan fingerprint density at radius 3 is 2.22 bits per heavy atom. The van der Waals surface area contributed by atoms with E-state index in [0.29, 0.717) is 12.1 Å². The summed E-state index contributed by atoms with van der Waals surface area (Å²) in [6.07, 6.45) is 2.41. The zero-order valence-electron chi connectivity index (χ0n) is 15.5. The predicted molar refractivity (Wildman–Crippen MR) is 110 cm³/mol. The van der Waals surface area contributed by atoms with E-state index in [-0.39, 0.29) is 0 Å². The van der Waals surface area contributed by atoms with E-state index in [4.69, 9.17) is 4.74 Å². The Bertz CT molecular complexity index is 818. The zero-order chi connectivity index (χ0) is 18.3. The van der Waals surface area contributed by atoms with E-state index >= 15 is 0 Å². The van der Waals surface area contributed by atoms with Gasteiger partial charge in [0.2, 0.25) is 0 Å². The second-order valence-corrected chi connectivity index (χ2v) is 7.03. The molecule has 1 aliphatic heterocycles. The zero-order valence-corrected chi connectivity index (χ0v) is 15.5. The Kier molecular flexibility index (Phi) is 5.83. The SMILES string of the molecule is c1ccc(Oc2ccc(CNC3CCCNC3c3ccccc3)cc2)cc1. The lowest BCUT2D eigenvalue weighted by molar-refractivity contribution is 0.304. The molecule has 3 aromatic carbocycles. The Labute approximate surface area is 161 Å². The third kappa shape index (κ3) is 4.76. The van der Waals surface area contributed by atoms with Gasteiger partial charge in [-0.1, -0.05) is 60.7 Å². The van der Waals surface area contributed by atoms with E-state index < -0.39 is 0 Å². The van der Waals surface area contributed by atoms with Gasteiger partial charge in [0.05, 0.1) is 0 Å². The van der Waals surface area contributed by atoms with Crippen LogP contribution in [0.1, 0.15) is 30.0 Å². The first-order valence-corrected chi connectivity index (χ1v) is 9.72. The van der Waals surface area contributed by atoms with Gasteiger partial charge in [0.15, 0.2) is 0 Å². The Balaban J connectivity index is 1.36. The monoisotopic (exact) mass is 358 g/mol. The second kappa shape index (κ2) is 8.85. The Morgan fingerprint density at radius 2 is 1.48 bits per heavy atom. The molecule has 0 aliphatic carbocycles. The minimum atomic E-state index is 0.376. The van der Waals surface area contributed by atoms with Gasteiger partial charge in [-0.2, -0.15) is 0 Å². The summed E-state index contributed by atoms with van der Waals surface area (Å²) in [5, 5.41) is 7.43. The van der Waals surface area contributed by atoms with Crippen LogP contribution in [0.2, 0.25) is 0 Å². The lowest BCUT2D eigenvalue weighted by atomic mass is 9.92. The first-order valence-electron chi connectivity index (χ1n) is 9.72. The fourth-order valence-electron chi connectivity index (χ4n) is 3.67. The molecule has 0 bridgehead atoms. The van der Waals surface area contributed by atoms with Crippen LogP contribution in [0.3, 0.4) is 0 Å². The molecule has 0 saturated carbocycles. The number of piperidine rings is 1. The van der Waals surface area contributed by atoms with Crippen LogP contribution in [0.4, 0.5) is 0 Å². The summed E-state index contributed by atoms with van der Waals surface area (Å²) >= 11 is 0. The molecule has 3 nitrogen and oxygen atoms in total. The molecule has 3 aromatic rings. The number of rotatable bonds is 6. The number of hydrogen-bond acceptors (Lipinski definition) is 3. The standard InChI is InChI=1S/C24H26N2O/c1-3-8-20(9-4-1)24-23(12-7-17-25-24)26-18-19-13-15-22(16-14-19)27-21-10-5-2-6-11-21/h1-6,8-11,13-16,23-26H,7,12,17-18H2. The number of hydrogen-bond donors (Lipinski definition) is 2. The molecule has 2 unspecified atom stereocenters. The van der Waals surface area contributed by atoms with Crippen molar-refractivity contribution in [1.29, 1.82) is 0 Å². The van der Waals surface area contributed by atoms with Gasteiger partial charge in [-0.25, -0.2) is 0 Å². The van der Waals surface area contributed by atoms with Gasteiger partial charge in [-0.3, -0.25) is 0 Å². The second-order valence-electron chi connectivity index (χ2n) is 7.03. The van der Waals surface area contributed by atoms with Gasteiger partial charge in [0.25, 0.3) is 0 Å². The van der Waals surface area contributed by atoms with Crippen LogP contribution in [0.25, 0.3) is 0 Å². The van der Waals surface area contributed by atoms with Crippen LogP contribution in [0, 0.1) is 0 Å². The van der Waals surface area contributed by atoms with E-state index in [9.17, 15) is 0 Å². The molecule has 3 heteroatoms. The van der Waals surface area contributed by atoms with E-state index in [1.165, 1.54) is 24.0 Å². The molecule has 1 aliphatic rings. The van der Waals surface area contributed by atoms with Gasteiger partial charge in [0.1, 0.15) is 11.5 Å². The van der Waals surface area contributed by atoms with Crippen molar-refractivity contribution in [2.45, 2.75) is 31.5 Å². The van der Waals surface area contributed by atoms with Crippen molar-refractivity contribution in [3.8, 4) is 11.5 Å². The Morgan fingerprint density at radius 1 is 0.815 bits per heavy atom. The predicted octanol–water partition coefficient (Wildman–Crippen LogP) is 5.06. The summed E-state index contributed by atoms with van der Waals surface area (Å²) in [6, 6.07) is 29.8. The van der Waals surface area contributed by atoms with Crippen LogP contribution in [0.5, 0.6) is 11.5 Å². The average molecular weight is 358 g/mol. The third-order valence-corrected chi connectivity index (χ3v) is 5.09. The minimum absolute atomic E-state index is 0.376. The van der Waals surface area contributed by atoms with E-state index in [1.807, 2.05) is 42.5 Å². The summed E-state index contributed by atoms with van der Waals surface area (Å²) in [6.45, 7) is 1.95. The van der Waals surface area contributed by atoms with Crippen LogP contribution in [-0.2, 0) is 6.54 Å². The maximum Gasteiger partial charge on any atom is 0.127 e. The highest BCUT2D eigenvalue weighted by molar-refractivity contribution is 5.33. The maximum absolute atomic E-state index is 5.87. The number of nitrogens with one attached hydrogen (secondary N) is 2. The van der Waals surface area contributed by atoms with Crippen molar-refractivity contribution in [2.75, 3.05) is 6.54 Å². The lowest BCUT2D eigenvalue weighted by Gasteiger charge is -2.34. The van der Waals surface area contributed by atoms with Gasteiger partial charge < -0.3 is 15.4 Å². The fourth-order valence-corrected chi connectivity index (χ4v) is 3.67. The normalized spacial score (nSPS) is 19.6. The Hall–Kier alpha value is -2.62. The molecule has 0 radical (unpaired) electrons. The maximum atomic E-state index is 5.87. The van der Waals surface area contributed by atoms with Crippen LogP contribution < -0.4 is 15.4 Å². The smallest absolute Gasteiger partial charge is 0.127 e. The number of benzene rings is 3. The number of para-hydroxylation sites is 1. The molecule has 2 N–H and O–H groups in total. The van der Waals surface area contributed by atoms with Crippen molar-refractivity contribution >= 4 is 0 Å². The van der Waals surface area contributed by atoms with Crippen LogP contribution in [-0.4, -0.2) is 12.6 Å². The number of ether oxygens (including phenoxy) is 1. The molecule has 4 rings (SSSR count). The summed E-state index contributed by atoms with van der Waals surface area (Å²) in [5.41, 5.74) is 2.63. The molecule has 1 heterocycles. The molecular weight excluding hydrogens is 332 g/mol. The first kappa shape index (κ1) is 17.8. The summed E-state index contributed by atoms with van der Waals surface area (Å²) in [7, 11) is 0. The average Bonchev–Trinajstić information content (AvgIpc) is 2.75. The molecule has 0 aromatic heterocycles. The highest BCUT2D eigenvalue weighted by Crippen LogP contribution is 2.25. The van der Waals surface area contributed by atoms with Crippen LogP contribution >= 0.6 is 0 Å². The lowest BCUT2D eigenvalue weighted by Crippen LogP contribution is -2.45. The minimum Gasteiger partial charge on any atom is -0.457 e. The quantitative estimate of drug-likeness (QED) is 0.646. The van der Waals surface area contributed by atoms with Crippen molar-refractivity contribution in [2.24, 2.45) is 0 Å². The summed E-state index contributed by atoms with van der Waals surface area (Å²) in [5.74, 6) is 1.73. The summed E-state index contributed by atoms with van der Waals surface area (Å²) < 4.78 is 5.87. The molecule has 0 spiro atoms. The molecular formula is C24H26N2O. The largest absolute Gasteiger partial charge is 0.457 e. The van der Waals surface area contributed by atoms with Gasteiger partial charge in [-0.05, 0) is 54.8 Å². The first-order chi connectivity index (χ1) is 13.4. The van der Waals surface area contributed by atoms with Crippen LogP contribution in [0.15, 0.2) is 84.9 Å². The molecule has 0 amide bonds. The van der Waals surface area contributed by atoms with Gasteiger partial charge in [0, 0.05) is 18.6 Å². The molecule has 1 saturated heterocycles. The third-order valence-electron chi connectivity index (χ3n) is 5.09.